The summed E-state index contributed by atoms with van der Waals surface area (Å²) >= 11 is 0. The number of para-hydroxylation sites is 2. The second-order valence-corrected chi connectivity index (χ2v) is 9.91. The van der Waals surface area contributed by atoms with Crippen LogP contribution in [0.3, 0.4) is 0 Å². The lowest BCUT2D eigenvalue weighted by atomic mass is 10.0. The monoisotopic (exact) mass is 544 g/mol. The van der Waals surface area contributed by atoms with Gasteiger partial charge in [0.1, 0.15) is 5.75 Å². The first-order chi connectivity index (χ1) is 20.8. The molecule has 2 aromatic heterocycles. The van der Waals surface area contributed by atoms with Gasteiger partial charge in [0.05, 0.1) is 35.6 Å². The third kappa shape index (κ3) is 4.57. The van der Waals surface area contributed by atoms with Crippen molar-refractivity contribution in [1.29, 1.82) is 0 Å². The fourth-order valence-electron chi connectivity index (χ4n) is 5.39. The highest BCUT2D eigenvalue weighted by Gasteiger charge is 2.27. The Hall–Kier alpha value is -5.68. The topological polar surface area (TPSA) is 55.7 Å². The molecule has 5 heteroatoms. The molecule has 7 rings (SSSR count). The quantitative estimate of drug-likeness (QED) is 0.218. The normalized spacial score (nSPS) is 11.0. The van der Waals surface area contributed by atoms with E-state index in [0.29, 0.717) is 11.6 Å². The SMILES string of the molecule is COc1ccccc1-n1c(-c2nc(-c3ccccc3)c(-c3ccccc3)[nH]2)nc(-c2ccccc2)c1-c1ccccc1. The van der Waals surface area contributed by atoms with Gasteiger partial charge in [-0.15, -0.1) is 0 Å². The number of rotatable bonds is 7. The fraction of sp³-hybridized carbons (Fsp3) is 0.0270. The van der Waals surface area contributed by atoms with Gasteiger partial charge in [-0.05, 0) is 12.1 Å². The van der Waals surface area contributed by atoms with Crippen LogP contribution < -0.4 is 4.74 Å². The second kappa shape index (κ2) is 11.1. The van der Waals surface area contributed by atoms with Crippen molar-refractivity contribution in [2.75, 3.05) is 7.11 Å². The predicted molar refractivity (Wildman–Crippen MR) is 169 cm³/mol. The van der Waals surface area contributed by atoms with E-state index < -0.39 is 0 Å². The summed E-state index contributed by atoms with van der Waals surface area (Å²) in [6, 6.07) is 49.3. The third-order valence-corrected chi connectivity index (χ3v) is 7.32. The number of ether oxygens (including phenoxy) is 1. The summed E-state index contributed by atoms with van der Waals surface area (Å²) in [6.07, 6.45) is 0. The maximum absolute atomic E-state index is 5.88. The van der Waals surface area contributed by atoms with Gasteiger partial charge in [0.25, 0.3) is 0 Å². The van der Waals surface area contributed by atoms with E-state index in [1.807, 2.05) is 78.9 Å². The Balaban J connectivity index is 1.57. The van der Waals surface area contributed by atoms with Crippen molar-refractivity contribution < 1.29 is 4.74 Å². The van der Waals surface area contributed by atoms with Crippen LogP contribution in [0.4, 0.5) is 0 Å². The zero-order chi connectivity index (χ0) is 28.3. The van der Waals surface area contributed by atoms with Gasteiger partial charge in [-0.2, -0.15) is 0 Å². The van der Waals surface area contributed by atoms with E-state index in [1.54, 1.807) is 7.11 Å². The average Bonchev–Trinajstić information content (AvgIpc) is 3.69. The molecule has 0 unspecified atom stereocenters. The molecule has 0 spiro atoms. The summed E-state index contributed by atoms with van der Waals surface area (Å²) < 4.78 is 8.05. The minimum atomic E-state index is 0.665. The van der Waals surface area contributed by atoms with Crippen molar-refractivity contribution in [3.63, 3.8) is 0 Å². The van der Waals surface area contributed by atoms with Crippen molar-refractivity contribution >= 4 is 0 Å². The highest BCUT2D eigenvalue weighted by Crippen LogP contribution is 2.41. The molecule has 0 aliphatic heterocycles. The summed E-state index contributed by atoms with van der Waals surface area (Å²) in [4.78, 5) is 14.2. The first kappa shape index (κ1) is 25.3. The van der Waals surface area contributed by atoms with Crippen molar-refractivity contribution in [2.24, 2.45) is 0 Å². The molecule has 202 valence electrons. The number of imidazole rings is 2. The van der Waals surface area contributed by atoms with Gasteiger partial charge in [0.2, 0.25) is 0 Å². The Kier molecular flexibility index (Phi) is 6.66. The minimum Gasteiger partial charge on any atom is -0.495 e. The van der Waals surface area contributed by atoms with E-state index in [1.165, 1.54) is 0 Å². The average molecular weight is 545 g/mol. The molecule has 0 amide bonds. The number of hydrogen-bond donors (Lipinski definition) is 1. The molecular formula is C37H28N4O. The number of H-pyrrole nitrogens is 1. The van der Waals surface area contributed by atoms with Gasteiger partial charge in [-0.3, -0.25) is 4.57 Å². The number of benzene rings is 5. The smallest absolute Gasteiger partial charge is 0.182 e. The van der Waals surface area contributed by atoms with Crippen molar-refractivity contribution in [2.45, 2.75) is 0 Å². The van der Waals surface area contributed by atoms with Crippen LogP contribution in [0.25, 0.3) is 62.4 Å². The Bertz CT molecular complexity index is 1890. The minimum absolute atomic E-state index is 0.665. The first-order valence-corrected chi connectivity index (χ1v) is 13.9. The van der Waals surface area contributed by atoms with E-state index in [9.17, 15) is 0 Å². The lowest BCUT2D eigenvalue weighted by Gasteiger charge is -2.15. The van der Waals surface area contributed by atoms with Crippen LogP contribution >= 0.6 is 0 Å². The molecule has 0 aliphatic rings. The van der Waals surface area contributed by atoms with Gasteiger partial charge in [-0.25, -0.2) is 9.97 Å². The van der Waals surface area contributed by atoms with Crippen molar-refractivity contribution in [3.05, 3.63) is 146 Å². The number of aromatic amines is 1. The van der Waals surface area contributed by atoms with Gasteiger partial charge in [0.15, 0.2) is 11.6 Å². The van der Waals surface area contributed by atoms with Crippen LogP contribution in [0.2, 0.25) is 0 Å². The molecule has 0 atom stereocenters. The molecule has 1 N–H and O–H groups in total. The lowest BCUT2D eigenvalue weighted by Crippen LogP contribution is -2.03. The summed E-state index contributed by atoms with van der Waals surface area (Å²) in [7, 11) is 1.70. The van der Waals surface area contributed by atoms with Crippen LogP contribution in [-0.2, 0) is 0 Å². The second-order valence-electron chi connectivity index (χ2n) is 9.91. The van der Waals surface area contributed by atoms with E-state index in [4.69, 9.17) is 14.7 Å². The van der Waals surface area contributed by atoms with Gasteiger partial charge < -0.3 is 9.72 Å². The highest BCUT2D eigenvalue weighted by molar-refractivity contribution is 5.86. The van der Waals surface area contributed by atoms with Crippen molar-refractivity contribution in [1.82, 2.24) is 19.5 Å². The van der Waals surface area contributed by atoms with Gasteiger partial charge in [0, 0.05) is 22.3 Å². The van der Waals surface area contributed by atoms with Crippen LogP contribution in [0.1, 0.15) is 0 Å². The molecule has 0 saturated heterocycles. The Morgan fingerprint density at radius 3 is 1.62 bits per heavy atom. The zero-order valence-corrected chi connectivity index (χ0v) is 23.1. The van der Waals surface area contributed by atoms with Crippen LogP contribution in [-0.4, -0.2) is 26.6 Å². The van der Waals surface area contributed by atoms with E-state index >= 15 is 0 Å². The Morgan fingerprint density at radius 1 is 0.524 bits per heavy atom. The maximum atomic E-state index is 5.88. The van der Waals surface area contributed by atoms with Crippen LogP contribution in [0.5, 0.6) is 5.75 Å². The third-order valence-electron chi connectivity index (χ3n) is 7.32. The van der Waals surface area contributed by atoms with Crippen LogP contribution in [0.15, 0.2) is 146 Å². The van der Waals surface area contributed by atoms with E-state index in [-0.39, 0.29) is 0 Å². The van der Waals surface area contributed by atoms with Crippen LogP contribution in [0, 0.1) is 0 Å². The maximum Gasteiger partial charge on any atom is 0.182 e. The van der Waals surface area contributed by atoms with Gasteiger partial charge in [-0.1, -0.05) is 133 Å². The Labute approximate surface area is 244 Å². The van der Waals surface area contributed by atoms with E-state index in [0.717, 1.165) is 56.5 Å². The summed E-state index contributed by atoms with van der Waals surface area (Å²) in [5.74, 6) is 2.10. The number of nitrogens with zero attached hydrogens (tertiary/aromatic N) is 3. The zero-order valence-electron chi connectivity index (χ0n) is 23.1. The molecule has 7 aromatic rings. The lowest BCUT2D eigenvalue weighted by molar-refractivity contribution is 0.413. The predicted octanol–water partition coefficient (Wildman–Crippen LogP) is 8.94. The molecule has 5 aromatic carbocycles. The molecule has 2 heterocycles. The molecule has 0 aliphatic carbocycles. The first-order valence-electron chi connectivity index (χ1n) is 13.9. The summed E-state index contributed by atoms with van der Waals surface area (Å²) in [5, 5.41) is 0. The Morgan fingerprint density at radius 2 is 1.02 bits per heavy atom. The summed E-state index contributed by atoms with van der Waals surface area (Å²) in [5.41, 5.74) is 8.65. The molecule has 0 bridgehead atoms. The molecule has 0 fully saturated rings. The summed E-state index contributed by atoms with van der Waals surface area (Å²) in [6.45, 7) is 0. The molecule has 5 nitrogen and oxygen atoms in total. The fourth-order valence-corrected chi connectivity index (χ4v) is 5.39. The largest absolute Gasteiger partial charge is 0.495 e. The van der Waals surface area contributed by atoms with Crippen molar-refractivity contribution in [3.8, 4) is 68.1 Å². The molecular weight excluding hydrogens is 516 g/mol. The number of nitrogens with one attached hydrogen (secondary N) is 1. The highest BCUT2D eigenvalue weighted by atomic mass is 16.5. The molecule has 42 heavy (non-hydrogen) atoms. The van der Waals surface area contributed by atoms with Gasteiger partial charge >= 0.3 is 0 Å². The number of aromatic nitrogens is 4. The molecule has 0 radical (unpaired) electrons. The standard InChI is InChI=1S/C37H28N4O/c1-42-31-25-15-14-24-30(31)41-35(29-22-12-5-13-23-29)34(28-20-10-4-11-21-28)40-37(41)36-38-32(26-16-6-2-7-17-26)33(39-36)27-18-8-3-9-19-27/h2-25H,1H3,(H,38,39). The number of hydrogen-bond acceptors (Lipinski definition) is 3. The molecule has 0 saturated carbocycles. The van der Waals surface area contributed by atoms with E-state index in [2.05, 4.69) is 76.3 Å². The number of methoxy groups -OCH3 is 1.